The van der Waals surface area contributed by atoms with Crippen molar-refractivity contribution in [3.63, 3.8) is 0 Å². The van der Waals surface area contributed by atoms with E-state index in [1.807, 2.05) is 0 Å². The molecule has 3 nitrogen and oxygen atoms in total. The van der Waals surface area contributed by atoms with E-state index in [-0.39, 0.29) is 11.7 Å². The average Bonchev–Trinajstić information content (AvgIpc) is 2.52. The lowest BCUT2D eigenvalue weighted by Gasteiger charge is -2.02. The molecule has 0 unspecified atom stereocenters. The summed E-state index contributed by atoms with van der Waals surface area (Å²) >= 11 is 0. The Bertz CT molecular complexity index is 460. The summed E-state index contributed by atoms with van der Waals surface area (Å²) in [5, 5.41) is 3.79. The van der Waals surface area contributed by atoms with Crippen molar-refractivity contribution in [1.82, 2.24) is 5.43 Å². The second-order valence-electron chi connectivity index (χ2n) is 5.54. The van der Waals surface area contributed by atoms with Crippen LogP contribution in [0.15, 0.2) is 29.4 Å². The highest BCUT2D eigenvalue weighted by atomic mass is 19.1. The molecule has 0 saturated heterocycles. The fourth-order valence-electron chi connectivity index (χ4n) is 2.23. The molecular formula is C18H27FN2O. The molecule has 0 aliphatic carbocycles. The number of rotatable bonds is 11. The lowest BCUT2D eigenvalue weighted by molar-refractivity contribution is -0.121. The Labute approximate surface area is 133 Å². The fourth-order valence-corrected chi connectivity index (χ4v) is 2.23. The van der Waals surface area contributed by atoms with Crippen LogP contribution in [0.2, 0.25) is 0 Å². The third-order valence-electron chi connectivity index (χ3n) is 3.56. The van der Waals surface area contributed by atoms with Crippen LogP contribution in [0.3, 0.4) is 0 Å². The maximum Gasteiger partial charge on any atom is 0.240 e. The molecule has 0 atom stereocenters. The Morgan fingerprint density at radius 3 is 2.41 bits per heavy atom. The van der Waals surface area contributed by atoms with Crippen molar-refractivity contribution in [2.24, 2.45) is 5.10 Å². The molecule has 0 saturated carbocycles. The van der Waals surface area contributed by atoms with E-state index in [9.17, 15) is 9.18 Å². The van der Waals surface area contributed by atoms with Crippen LogP contribution in [-0.4, -0.2) is 12.1 Å². The quantitative estimate of drug-likeness (QED) is 0.356. The number of halogens is 1. The number of carbonyl (C=O) groups is 1. The number of amides is 1. The summed E-state index contributed by atoms with van der Waals surface area (Å²) in [6, 6.07) is 6.33. The summed E-state index contributed by atoms with van der Waals surface area (Å²) in [6.07, 6.45) is 11.4. The highest BCUT2D eigenvalue weighted by Crippen LogP contribution is 2.09. The zero-order chi connectivity index (χ0) is 16.0. The van der Waals surface area contributed by atoms with E-state index in [2.05, 4.69) is 17.5 Å². The van der Waals surface area contributed by atoms with Gasteiger partial charge < -0.3 is 0 Å². The summed E-state index contributed by atoms with van der Waals surface area (Å²) in [5.41, 5.74) is 2.81. The van der Waals surface area contributed by atoms with Crippen LogP contribution >= 0.6 is 0 Å². The van der Waals surface area contributed by atoms with Crippen molar-refractivity contribution >= 4 is 12.1 Å². The minimum atomic E-state index is -0.344. The first-order chi connectivity index (χ1) is 10.7. The molecule has 1 N–H and O–H groups in total. The Hall–Kier alpha value is -1.71. The summed E-state index contributed by atoms with van der Waals surface area (Å²) < 4.78 is 13.3. The van der Waals surface area contributed by atoms with Crippen LogP contribution in [0.5, 0.6) is 0 Å². The molecule has 22 heavy (non-hydrogen) atoms. The third kappa shape index (κ3) is 8.55. The monoisotopic (exact) mass is 306 g/mol. The van der Waals surface area contributed by atoms with Crippen LogP contribution in [0.1, 0.15) is 70.3 Å². The van der Waals surface area contributed by atoms with Gasteiger partial charge in [0, 0.05) is 12.0 Å². The van der Waals surface area contributed by atoms with Crippen LogP contribution in [0.4, 0.5) is 4.39 Å². The van der Waals surface area contributed by atoms with Crippen molar-refractivity contribution in [3.05, 3.63) is 35.6 Å². The molecular weight excluding hydrogens is 279 g/mol. The highest BCUT2D eigenvalue weighted by molar-refractivity contribution is 5.82. The molecule has 0 aromatic heterocycles. The number of nitrogens with one attached hydrogen (secondary N) is 1. The highest BCUT2D eigenvalue weighted by Gasteiger charge is 2.00. The van der Waals surface area contributed by atoms with E-state index in [4.69, 9.17) is 0 Å². The topological polar surface area (TPSA) is 41.5 Å². The van der Waals surface area contributed by atoms with Gasteiger partial charge in [-0.05, 0) is 12.5 Å². The van der Waals surface area contributed by atoms with Gasteiger partial charge in [-0.15, -0.1) is 0 Å². The van der Waals surface area contributed by atoms with Gasteiger partial charge in [-0.1, -0.05) is 70.1 Å². The van der Waals surface area contributed by atoms with E-state index in [0.717, 1.165) is 12.8 Å². The zero-order valence-electron chi connectivity index (χ0n) is 13.5. The number of carbonyl (C=O) groups excluding carboxylic acids is 1. The molecule has 1 aromatic rings. The number of nitrogens with zero attached hydrogens (tertiary/aromatic N) is 1. The molecule has 4 heteroatoms. The van der Waals surface area contributed by atoms with Gasteiger partial charge in [-0.25, -0.2) is 9.82 Å². The smallest absolute Gasteiger partial charge is 0.240 e. The van der Waals surface area contributed by atoms with Gasteiger partial charge in [-0.2, -0.15) is 5.10 Å². The second kappa shape index (κ2) is 11.9. The number of unbranched alkanes of at least 4 members (excludes halogenated alkanes) is 7. The first kappa shape index (κ1) is 18.3. The van der Waals surface area contributed by atoms with Crippen molar-refractivity contribution in [2.45, 2.75) is 64.7 Å². The normalized spacial score (nSPS) is 11.0. The Morgan fingerprint density at radius 2 is 1.73 bits per heavy atom. The number of hydrogen-bond acceptors (Lipinski definition) is 2. The number of hydrogen-bond donors (Lipinski definition) is 1. The molecule has 0 bridgehead atoms. The lowest BCUT2D eigenvalue weighted by Crippen LogP contribution is -2.17. The molecule has 1 amide bonds. The van der Waals surface area contributed by atoms with Crippen LogP contribution in [0, 0.1) is 5.82 Å². The molecule has 0 radical (unpaired) electrons. The van der Waals surface area contributed by atoms with Crippen molar-refractivity contribution in [2.75, 3.05) is 0 Å². The molecule has 0 aliphatic rings. The molecule has 0 fully saturated rings. The van der Waals surface area contributed by atoms with E-state index < -0.39 is 0 Å². The SMILES string of the molecule is CCCCCCCCCCC(=O)NN=Cc1ccccc1F. The molecule has 0 heterocycles. The van der Waals surface area contributed by atoms with Gasteiger partial charge in [0.2, 0.25) is 5.91 Å². The lowest BCUT2D eigenvalue weighted by atomic mass is 10.1. The molecule has 1 rings (SSSR count). The van der Waals surface area contributed by atoms with Crippen LogP contribution in [0.25, 0.3) is 0 Å². The maximum atomic E-state index is 13.3. The summed E-state index contributed by atoms with van der Waals surface area (Å²) in [7, 11) is 0. The fraction of sp³-hybridized carbons (Fsp3) is 0.556. The van der Waals surface area contributed by atoms with Crippen LogP contribution in [-0.2, 0) is 4.79 Å². The first-order valence-corrected chi connectivity index (χ1v) is 8.30. The van der Waals surface area contributed by atoms with E-state index in [0.29, 0.717) is 12.0 Å². The van der Waals surface area contributed by atoms with E-state index >= 15 is 0 Å². The predicted molar refractivity (Wildman–Crippen MR) is 89.4 cm³/mol. The summed E-state index contributed by atoms with van der Waals surface area (Å²) in [5.74, 6) is -0.456. The Balaban J connectivity index is 2.05. The van der Waals surface area contributed by atoms with Crippen molar-refractivity contribution in [1.29, 1.82) is 0 Å². The molecule has 122 valence electrons. The largest absolute Gasteiger partial charge is 0.273 e. The minimum absolute atomic E-state index is 0.112. The summed E-state index contributed by atoms with van der Waals surface area (Å²) in [6.45, 7) is 2.22. The number of benzene rings is 1. The van der Waals surface area contributed by atoms with E-state index in [1.165, 1.54) is 50.8 Å². The van der Waals surface area contributed by atoms with Crippen molar-refractivity contribution in [3.8, 4) is 0 Å². The van der Waals surface area contributed by atoms with Gasteiger partial charge in [0.15, 0.2) is 0 Å². The van der Waals surface area contributed by atoms with Gasteiger partial charge in [0.05, 0.1) is 6.21 Å². The first-order valence-electron chi connectivity index (χ1n) is 8.30. The average molecular weight is 306 g/mol. The maximum absolute atomic E-state index is 13.3. The van der Waals surface area contributed by atoms with Gasteiger partial charge in [-0.3, -0.25) is 4.79 Å². The number of hydrazone groups is 1. The van der Waals surface area contributed by atoms with Gasteiger partial charge in [0.25, 0.3) is 0 Å². The summed E-state index contributed by atoms with van der Waals surface area (Å²) in [4.78, 5) is 11.6. The Kier molecular flexibility index (Phi) is 9.92. The minimum Gasteiger partial charge on any atom is -0.273 e. The molecule has 0 spiro atoms. The predicted octanol–water partition coefficient (Wildman–Crippen LogP) is 4.81. The van der Waals surface area contributed by atoms with Crippen molar-refractivity contribution < 1.29 is 9.18 Å². The Morgan fingerprint density at radius 1 is 1.09 bits per heavy atom. The van der Waals surface area contributed by atoms with Gasteiger partial charge in [0.1, 0.15) is 5.82 Å². The van der Waals surface area contributed by atoms with Crippen LogP contribution < -0.4 is 5.43 Å². The van der Waals surface area contributed by atoms with Gasteiger partial charge >= 0.3 is 0 Å². The third-order valence-corrected chi connectivity index (χ3v) is 3.56. The zero-order valence-corrected chi connectivity index (χ0v) is 13.5. The standard InChI is InChI=1S/C18H27FN2O/c1-2-3-4-5-6-7-8-9-14-18(22)21-20-15-16-12-10-11-13-17(16)19/h10-13,15H,2-9,14H2,1H3,(H,21,22). The molecule has 1 aromatic carbocycles. The van der Waals surface area contributed by atoms with E-state index in [1.54, 1.807) is 18.2 Å². The molecule has 0 aliphatic heterocycles. The second-order valence-corrected chi connectivity index (χ2v) is 5.54.